The number of carbonyl (C=O) groups is 1. The Morgan fingerprint density at radius 1 is 1.62 bits per heavy atom. The van der Waals surface area contributed by atoms with Crippen molar-refractivity contribution in [1.82, 2.24) is 9.97 Å². The number of esters is 1. The zero-order valence-corrected chi connectivity index (χ0v) is 9.74. The molecule has 0 spiro atoms. The molecule has 1 rings (SSSR count). The lowest BCUT2D eigenvalue weighted by Gasteiger charge is -2.07. The van der Waals surface area contributed by atoms with E-state index in [2.05, 4.69) is 21.3 Å². The van der Waals surface area contributed by atoms with E-state index < -0.39 is 5.97 Å². The van der Waals surface area contributed by atoms with Gasteiger partial charge in [0.05, 0.1) is 19.9 Å². The van der Waals surface area contributed by atoms with Crippen molar-refractivity contribution in [3.8, 4) is 0 Å². The lowest BCUT2D eigenvalue weighted by molar-refractivity contribution is 0.0593. The smallest absolute Gasteiger partial charge is 0.358 e. The van der Waals surface area contributed by atoms with Crippen LogP contribution in [0.5, 0.6) is 0 Å². The van der Waals surface area contributed by atoms with Crippen molar-refractivity contribution in [2.45, 2.75) is 6.92 Å². The fourth-order valence-corrected chi connectivity index (χ4v) is 1.24. The van der Waals surface area contributed by atoms with Gasteiger partial charge in [-0.05, 0) is 6.92 Å². The summed E-state index contributed by atoms with van der Waals surface area (Å²) in [5.41, 5.74) is 0.358. The standard InChI is InChI=1S/C10H11ClN2O3/c1-4-16-6(2)8-9(11)13-7(5-12-8)10(14)15-3/h5H,2,4H2,1,3H3. The van der Waals surface area contributed by atoms with Crippen molar-refractivity contribution >= 4 is 23.3 Å². The second-order valence-electron chi connectivity index (χ2n) is 2.74. The van der Waals surface area contributed by atoms with Crippen molar-refractivity contribution in [3.05, 3.63) is 29.3 Å². The van der Waals surface area contributed by atoms with Gasteiger partial charge in [-0.25, -0.2) is 14.8 Å². The van der Waals surface area contributed by atoms with Gasteiger partial charge in [-0.2, -0.15) is 0 Å². The minimum Gasteiger partial charge on any atom is -0.492 e. The van der Waals surface area contributed by atoms with E-state index in [-0.39, 0.29) is 10.8 Å². The Morgan fingerprint density at radius 2 is 2.31 bits per heavy atom. The molecule has 0 aliphatic rings. The summed E-state index contributed by atoms with van der Waals surface area (Å²) in [7, 11) is 1.25. The summed E-state index contributed by atoms with van der Waals surface area (Å²) < 4.78 is 9.62. The highest BCUT2D eigenvalue weighted by Crippen LogP contribution is 2.19. The maximum atomic E-state index is 11.1. The Hall–Kier alpha value is -1.62. The molecule has 0 bridgehead atoms. The third kappa shape index (κ3) is 2.70. The Morgan fingerprint density at radius 3 is 2.81 bits per heavy atom. The van der Waals surface area contributed by atoms with E-state index in [1.54, 1.807) is 0 Å². The molecule has 0 aromatic carbocycles. The van der Waals surface area contributed by atoms with Crippen LogP contribution in [0.2, 0.25) is 5.15 Å². The number of carbonyl (C=O) groups excluding carboxylic acids is 1. The predicted molar refractivity (Wildman–Crippen MR) is 59.0 cm³/mol. The van der Waals surface area contributed by atoms with Crippen LogP contribution in [0.1, 0.15) is 23.1 Å². The highest BCUT2D eigenvalue weighted by Gasteiger charge is 2.14. The van der Waals surface area contributed by atoms with Crippen LogP contribution in [-0.2, 0) is 9.47 Å². The first-order valence-corrected chi connectivity index (χ1v) is 4.90. The molecule has 0 atom stereocenters. The van der Waals surface area contributed by atoms with E-state index in [1.165, 1.54) is 13.3 Å². The van der Waals surface area contributed by atoms with E-state index in [4.69, 9.17) is 16.3 Å². The lowest BCUT2D eigenvalue weighted by Crippen LogP contribution is -2.07. The largest absolute Gasteiger partial charge is 0.492 e. The molecule has 1 aromatic rings. The summed E-state index contributed by atoms with van der Waals surface area (Å²) >= 11 is 5.84. The molecule has 0 amide bonds. The zero-order valence-electron chi connectivity index (χ0n) is 8.99. The maximum Gasteiger partial charge on any atom is 0.358 e. The molecule has 86 valence electrons. The molecule has 0 aliphatic heterocycles. The van der Waals surface area contributed by atoms with Gasteiger partial charge in [-0.3, -0.25) is 0 Å². The molecule has 6 heteroatoms. The van der Waals surface area contributed by atoms with E-state index in [0.717, 1.165) is 0 Å². The third-order valence-corrected chi connectivity index (χ3v) is 1.97. The average Bonchev–Trinajstić information content (AvgIpc) is 2.28. The van der Waals surface area contributed by atoms with Crippen LogP contribution in [0, 0.1) is 0 Å². The van der Waals surface area contributed by atoms with Crippen molar-refractivity contribution in [3.63, 3.8) is 0 Å². The number of ether oxygens (including phenoxy) is 2. The second kappa shape index (κ2) is 5.46. The summed E-state index contributed by atoms with van der Waals surface area (Å²) in [5.74, 6) is -0.278. The van der Waals surface area contributed by atoms with Gasteiger partial charge in [-0.15, -0.1) is 0 Å². The third-order valence-electron chi connectivity index (χ3n) is 1.71. The van der Waals surface area contributed by atoms with Gasteiger partial charge >= 0.3 is 5.97 Å². The summed E-state index contributed by atoms with van der Waals surface area (Å²) in [5, 5.41) is 0.0568. The summed E-state index contributed by atoms with van der Waals surface area (Å²) in [6, 6.07) is 0. The number of hydrogen-bond donors (Lipinski definition) is 0. The first-order chi connectivity index (χ1) is 7.60. The van der Waals surface area contributed by atoms with Gasteiger partial charge in [0.1, 0.15) is 11.5 Å². The van der Waals surface area contributed by atoms with Crippen LogP contribution in [0.3, 0.4) is 0 Å². The average molecular weight is 243 g/mol. The molecular weight excluding hydrogens is 232 g/mol. The summed E-state index contributed by atoms with van der Waals surface area (Å²) in [4.78, 5) is 18.9. The highest BCUT2D eigenvalue weighted by atomic mass is 35.5. The van der Waals surface area contributed by atoms with Crippen LogP contribution >= 0.6 is 11.6 Å². The van der Waals surface area contributed by atoms with Gasteiger partial charge in [0.25, 0.3) is 0 Å². The van der Waals surface area contributed by atoms with Gasteiger partial charge < -0.3 is 9.47 Å². The zero-order chi connectivity index (χ0) is 12.1. The van der Waals surface area contributed by atoms with Gasteiger partial charge in [0, 0.05) is 0 Å². The van der Waals surface area contributed by atoms with Gasteiger partial charge in [0.15, 0.2) is 10.8 Å². The van der Waals surface area contributed by atoms with E-state index >= 15 is 0 Å². The first-order valence-electron chi connectivity index (χ1n) is 4.53. The van der Waals surface area contributed by atoms with Crippen molar-refractivity contribution < 1.29 is 14.3 Å². The Balaban J connectivity index is 3.00. The number of nitrogens with zero attached hydrogens (tertiary/aromatic N) is 2. The van der Waals surface area contributed by atoms with Crippen LogP contribution in [0.15, 0.2) is 12.8 Å². The number of hydrogen-bond acceptors (Lipinski definition) is 5. The monoisotopic (exact) mass is 242 g/mol. The number of aromatic nitrogens is 2. The lowest BCUT2D eigenvalue weighted by atomic mass is 10.3. The van der Waals surface area contributed by atoms with Crippen molar-refractivity contribution in [2.75, 3.05) is 13.7 Å². The van der Waals surface area contributed by atoms with Crippen LogP contribution in [0.4, 0.5) is 0 Å². The van der Waals surface area contributed by atoms with Gasteiger partial charge in [-0.1, -0.05) is 18.2 Å². The Bertz CT molecular complexity index is 421. The minimum absolute atomic E-state index is 0.0422. The molecule has 1 aromatic heterocycles. The number of methoxy groups -OCH3 is 1. The topological polar surface area (TPSA) is 61.3 Å². The van der Waals surface area contributed by atoms with Crippen molar-refractivity contribution in [1.29, 1.82) is 0 Å². The van der Waals surface area contributed by atoms with Crippen LogP contribution in [0.25, 0.3) is 5.76 Å². The molecule has 0 unspecified atom stereocenters. The second-order valence-corrected chi connectivity index (χ2v) is 3.10. The normalized spacial score (nSPS) is 9.69. The number of halogens is 1. The first kappa shape index (κ1) is 12.4. The molecular formula is C10H11ClN2O3. The molecule has 0 aliphatic carbocycles. The molecule has 0 saturated carbocycles. The van der Waals surface area contributed by atoms with Gasteiger partial charge in [0.2, 0.25) is 0 Å². The summed E-state index contributed by atoms with van der Waals surface area (Å²) in [6.45, 7) is 5.91. The quantitative estimate of drug-likeness (QED) is 0.596. The highest BCUT2D eigenvalue weighted by molar-refractivity contribution is 6.30. The minimum atomic E-state index is -0.594. The molecule has 0 N–H and O–H groups in total. The van der Waals surface area contributed by atoms with E-state index in [9.17, 15) is 4.79 Å². The molecule has 0 radical (unpaired) electrons. The van der Waals surface area contributed by atoms with Crippen LogP contribution in [-0.4, -0.2) is 29.7 Å². The SMILES string of the molecule is C=C(OCC)c1ncc(C(=O)OC)nc1Cl. The molecule has 5 nitrogen and oxygen atoms in total. The van der Waals surface area contributed by atoms with E-state index in [0.29, 0.717) is 18.1 Å². The van der Waals surface area contributed by atoms with E-state index in [1.807, 2.05) is 6.92 Å². The fourth-order valence-electron chi connectivity index (χ4n) is 0.999. The Labute approximate surface area is 98.1 Å². The number of rotatable bonds is 4. The molecule has 0 fully saturated rings. The predicted octanol–water partition coefficient (Wildman–Crippen LogP) is 1.92. The Kier molecular flexibility index (Phi) is 4.25. The fraction of sp³-hybridized carbons (Fsp3) is 0.300. The maximum absolute atomic E-state index is 11.1. The summed E-state index contributed by atoms with van der Waals surface area (Å²) in [6.07, 6.45) is 1.26. The van der Waals surface area contributed by atoms with Crippen LogP contribution < -0.4 is 0 Å². The molecule has 0 saturated heterocycles. The van der Waals surface area contributed by atoms with Crippen molar-refractivity contribution in [2.24, 2.45) is 0 Å². The molecule has 16 heavy (non-hydrogen) atoms. The molecule has 1 heterocycles.